The number of hydrogen-bond acceptors (Lipinski definition) is 8. The molecule has 0 amide bonds. The number of thiazole rings is 1. The molecular formula is C29H26N2O5S2. The van der Waals surface area contributed by atoms with Crippen LogP contribution >= 0.6 is 22.7 Å². The summed E-state index contributed by atoms with van der Waals surface area (Å²) in [6.07, 6.45) is 1.81. The molecule has 1 atom stereocenters. The summed E-state index contributed by atoms with van der Waals surface area (Å²) in [4.78, 5) is 32.6. The maximum Gasteiger partial charge on any atom is 0.338 e. The number of allylic oxidation sites excluding steroid dienone is 1. The van der Waals surface area contributed by atoms with Crippen LogP contribution < -0.4 is 24.4 Å². The minimum absolute atomic E-state index is 0.218. The Balaban J connectivity index is 1.53. The molecular weight excluding hydrogens is 520 g/mol. The zero-order chi connectivity index (χ0) is 26.6. The second-order valence-corrected chi connectivity index (χ2v) is 10.5. The summed E-state index contributed by atoms with van der Waals surface area (Å²) in [5.41, 5.74) is 2.56. The van der Waals surface area contributed by atoms with E-state index in [-0.39, 0.29) is 12.2 Å². The molecule has 7 nitrogen and oxygen atoms in total. The van der Waals surface area contributed by atoms with E-state index >= 15 is 0 Å². The predicted molar refractivity (Wildman–Crippen MR) is 148 cm³/mol. The summed E-state index contributed by atoms with van der Waals surface area (Å²) in [6.45, 7) is 4.20. The fourth-order valence-electron chi connectivity index (χ4n) is 4.29. The number of methoxy groups -OCH3 is 1. The van der Waals surface area contributed by atoms with Gasteiger partial charge in [0.05, 0.1) is 29.5 Å². The van der Waals surface area contributed by atoms with Gasteiger partial charge in [-0.3, -0.25) is 9.36 Å². The lowest BCUT2D eigenvalue weighted by molar-refractivity contribution is -0.139. The van der Waals surface area contributed by atoms with Gasteiger partial charge in [0.15, 0.2) is 16.3 Å². The number of ether oxygens (including phenoxy) is 3. The molecule has 194 valence electrons. The quantitative estimate of drug-likeness (QED) is 0.305. The fourth-order valence-corrected chi connectivity index (χ4v) is 6.16. The highest BCUT2D eigenvalue weighted by molar-refractivity contribution is 7.10. The molecule has 3 heterocycles. The van der Waals surface area contributed by atoms with Gasteiger partial charge in [-0.2, -0.15) is 0 Å². The van der Waals surface area contributed by atoms with Crippen LogP contribution in [0.2, 0.25) is 0 Å². The first-order valence-electron chi connectivity index (χ1n) is 12.1. The molecule has 1 unspecified atom stereocenters. The number of carbonyl (C=O) groups is 1. The largest absolute Gasteiger partial charge is 0.493 e. The van der Waals surface area contributed by atoms with Crippen LogP contribution in [-0.4, -0.2) is 24.3 Å². The zero-order valence-corrected chi connectivity index (χ0v) is 22.8. The molecule has 2 aromatic heterocycles. The van der Waals surface area contributed by atoms with Crippen molar-refractivity contribution in [2.24, 2.45) is 4.99 Å². The molecule has 0 radical (unpaired) electrons. The molecule has 38 heavy (non-hydrogen) atoms. The Morgan fingerprint density at radius 3 is 2.63 bits per heavy atom. The Labute approximate surface area is 227 Å². The Bertz CT molecular complexity index is 1670. The highest BCUT2D eigenvalue weighted by Gasteiger charge is 2.33. The topological polar surface area (TPSA) is 79.1 Å². The number of nitrogens with zero attached hydrogens (tertiary/aromatic N) is 2. The number of fused-ring (bicyclic) bond motifs is 1. The molecule has 0 saturated heterocycles. The fraction of sp³-hybridized carbons (Fsp3) is 0.207. The van der Waals surface area contributed by atoms with Crippen LogP contribution in [0.25, 0.3) is 6.08 Å². The summed E-state index contributed by atoms with van der Waals surface area (Å²) < 4.78 is 19.0. The Morgan fingerprint density at radius 1 is 1.11 bits per heavy atom. The average Bonchev–Trinajstić information content (AvgIpc) is 3.56. The minimum atomic E-state index is -0.587. The van der Waals surface area contributed by atoms with E-state index in [0.717, 1.165) is 16.0 Å². The first kappa shape index (κ1) is 25.7. The lowest BCUT2D eigenvalue weighted by Crippen LogP contribution is -2.39. The zero-order valence-electron chi connectivity index (χ0n) is 21.2. The van der Waals surface area contributed by atoms with E-state index < -0.39 is 12.0 Å². The number of benzene rings is 2. The van der Waals surface area contributed by atoms with Crippen molar-refractivity contribution in [2.45, 2.75) is 26.5 Å². The van der Waals surface area contributed by atoms with Crippen LogP contribution in [-0.2, 0) is 16.1 Å². The monoisotopic (exact) mass is 546 g/mol. The van der Waals surface area contributed by atoms with Gasteiger partial charge in [0, 0.05) is 4.88 Å². The van der Waals surface area contributed by atoms with Crippen molar-refractivity contribution in [3.63, 3.8) is 0 Å². The lowest BCUT2D eigenvalue weighted by atomic mass is 10.0. The van der Waals surface area contributed by atoms with E-state index in [1.165, 1.54) is 22.7 Å². The predicted octanol–water partition coefficient (Wildman–Crippen LogP) is 4.45. The van der Waals surface area contributed by atoms with Crippen molar-refractivity contribution < 1.29 is 19.0 Å². The minimum Gasteiger partial charge on any atom is -0.493 e. The van der Waals surface area contributed by atoms with Gasteiger partial charge >= 0.3 is 5.97 Å². The van der Waals surface area contributed by atoms with Gasteiger partial charge in [-0.1, -0.05) is 53.8 Å². The molecule has 0 saturated carbocycles. The van der Waals surface area contributed by atoms with Crippen LogP contribution in [0.1, 0.15) is 35.9 Å². The van der Waals surface area contributed by atoms with Gasteiger partial charge in [-0.25, -0.2) is 9.79 Å². The van der Waals surface area contributed by atoms with Crippen LogP contribution in [0.5, 0.6) is 11.5 Å². The maximum atomic E-state index is 13.7. The molecule has 1 aliphatic rings. The van der Waals surface area contributed by atoms with Gasteiger partial charge in [0.1, 0.15) is 12.6 Å². The van der Waals surface area contributed by atoms with Crippen molar-refractivity contribution in [3.8, 4) is 11.5 Å². The standard InChI is InChI=1S/C29H26N2O5S2/c1-4-35-28(33)25-18(2)30-29-31(26(25)23-11-8-14-37-23)27(32)24(38-29)16-20-12-13-21(22(15-20)34-3)36-17-19-9-6-5-7-10-19/h5-16,26H,4,17H2,1-3H3/b24-16+. The number of thiophene rings is 1. The highest BCUT2D eigenvalue weighted by atomic mass is 32.1. The van der Waals surface area contributed by atoms with E-state index in [2.05, 4.69) is 4.99 Å². The molecule has 0 N–H and O–H groups in total. The Kier molecular flexibility index (Phi) is 7.57. The van der Waals surface area contributed by atoms with Crippen molar-refractivity contribution in [2.75, 3.05) is 13.7 Å². The number of carbonyl (C=O) groups excluding carboxylic acids is 1. The molecule has 0 spiro atoms. The smallest absolute Gasteiger partial charge is 0.338 e. The molecule has 4 aromatic rings. The van der Waals surface area contributed by atoms with Crippen LogP contribution in [0.15, 0.2) is 87.1 Å². The first-order chi connectivity index (χ1) is 18.5. The number of rotatable bonds is 8. The summed E-state index contributed by atoms with van der Waals surface area (Å²) >= 11 is 2.77. The van der Waals surface area contributed by atoms with Gasteiger partial charge in [0.25, 0.3) is 5.56 Å². The number of hydrogen-bond donors (Lipinski definition) is 0. The molecule has 0 fully saturated rings. The Morgan fingerprint density at radius 2 is 1.92 bits per heavy atom. The number of aromatic nitrogens is 1. The molecule has 2 aromatic carbocycles. The summed E-state index contributed by atoms with van der Waals surface area (Å²) in [5.74, 6) is 0.721. The van der Waals surface area contributed by atoms with E-state index in [9.17, 15) is 9.59 Å². The van der Waals surface area contributed by atoms with Crippen molar-refractivity contribution in [3.05, 3.63) is 113 Å². The van der Waals surface area contributed by atoms with E-state index in [0.29, 0.717) is 38.7 Å². The first-order valence-corrected chi connectivity index (χ1v) is 13.8. The van der Waals surface area contributed by atoms with Crippen LogP contribution in [0.3, 0.4) is 0 Å². The maximum absolute atomic E-state index is 13.7. The Hall–Kier alpha value is -3.95. The molecule has 5 rings (SSSR count). The van der Waals surface area contributed by atoms with Gasteiger partial charge in [0.2, 0.25) is 0 Å². The van der Waals surface area contributed by atoms with Gasteiger partial charge in [-0.05, 0) is 54.6 Å². The third kappa shape index (κ3) is 5.07. The third-order valence-electron chi connectivity index (χ3n) is 6.05. The van der Waals surface area contributed by atoms with Gasteiger partial charge in [-0.15, -0.1) is 11.3 Å². The third-order valence-corrected chi connectivity index (χ3v) is 7.96. The lowest BCUT2D eigenvalue weighted by Gasteiger charge is -2.23. The number of esters is 1. The molecule has 9 heteroatoms. The normalized spacial score (nSPS) is 15.1. The van der Waals surface area contributed by atoms with E-state index in [4.69, 9.17) is 14.2 Å². The summed E-state index contributed by atoms with van der Waals surface area (Å²) in [5, 5.41) is 1.93. The van der Waals surface area contributed by atoms with Crippen molar-refractivity contribution in [1.82, 2.24) is 4.57 Å². The van der Waals surface area contributed by atoms with E-state index in [1.54, 1.807) is 25.5 Å². The van der Waals surface area contributed by atoms with Crippen molar-refractivity contribution in [1.29, 1.82) is 0 Å². The van der Waals surface area contributed by atoms with Crippen molar-refractivity contribution >= 4 is 34.7 Å². The second kappa shape index (κ2) is 11.2. The van der Waals surface area contributed by atoms with Crippen LogP contribution in [0.4, 0.5) is 0 Å². The van der Waals surface area contributed by atoms with E-state index in [1.807, 2.05) is 72.1 Å². The second-order valence-electron chi connectivity index (χ2n) is 8.50. The average molecular weight is 547 g/mol. The van der Waals surface area contributed by atoms with Gasteiger partial charge < -0.3 is 14.2 Å². The summed E-state index contributed by atoms with van der Waals surface area (Å²) in [7, 11) is 1.59. The molecule has 0 bridgehead atoms. The molecule has 0 aliphatic carbocycles. The van der Waals surface area contributed by atoms with Crippen LogP contribution in [0, 0.1) is 0 Å². The highest BCUT2D eigenvalue weighted by Crippen LogP contribution is 2.33. The summed E-state index contributed by atoms with van der Waals surface area (Å²) in [6, 6.07) is 18.7. The SMILES string of the molecule is CCOC(=O)C1=C(C)N=c2s/c(=C/c3ccc(OCc4ccccc4)c(OC)c3)c(=O)n2C1c1cccs1. The molecule has 1 aliphatic heterocycles.